The molecule has 0 bridgehead atoms. The molecule has 6 heteroatoms. The van der Waals surface area contributed by atoms with Crippen molar-refractivity contribution < 1.29 is 14.3 Å². The number of para-hydroxylation sites is 2. The number of fused-ring (bicyclic) bond motifs is 1. The van der Waals surface area contributed by atoms with Gasteiger partial charge in [0.15, 0.2) is 0 Å². The second kappa shape index (κ2) is 7.74. The Morgan fingerprint density at radius 2 is 1.85 bits per heavy atom. The number of amides is 2. The van der Waals surface area contributed by atoms with Crippen LogP contribution >= 0.6 is 0 Å². The average Bonchev–Trinajstić information content (AvgIpc) is 3.06. The van der Waals surface area contributed by atoms with Crippen LogP contribution in [0.15, 0.2) is 54.6 Å². The Balaban J connectivity index is 1.79. The topological polar surface area (TPSA) is 83.2 Å². The van der Waals surface area contributed by atoms with Crippen molar-refractivity contribution in [2.24, 2.45) is 0 Å². The molecule has 3 aromatic rings. The Bertz CT molecular complexity index is 900. The number of benzene rings is 2. The summed E-state index contributed by atoms with van der Waals surface area (Å²) in [7, 11) is 0. The van der Waals surface area contributed by atoms with Gasteiger partial charge in [-0.15, -0.1) is 0 Å². The van der Waals surface area contributed by atoms with Gasteiger partial charge in [0, 0.05) is 22.2 Å². The van der Waals surface area contributed by atoms with Crippen LogP contribution < -0.4 is 10.6 Å². The number of hydrogen-bond acceptors (Lipinski definition) is 3. The monoisotopic (exact) mass is 351 g/mol. The molecule has 2 aromatic carbocycles. The molecular weight excluding hydrogens is 330 g/mol. The minimum atomic E-state index is -0.727. The van der Waals surface area contributed by atoms with Crippen molar-refractivity contribution in [3.63, 3.8) is 0 Å². The molecule has 26 heavy (non-hydrogen) atoms. The molecule has 3 rings (SSSR count). The number of carbonyl (C=O) groups excluding carboxylic acids is 2. The van der Waals surface area contributed by atoms with Crippen molar-refractivity contribution >= 4 is 28.6 Å². The van der Waals surface area contributed by atoms with E-state index in [1.807, 2.05) is 54.6 Å². The maximum atomic E-state index is 12.2. The maximum Gasteiger partial charge on any atom is 0.328 e. The number of carbonyl (C=O) groups is 2. The smallest absolute Gasteiger partial charge is 0.328 e. The van der Waals surface area contributed by atoms with Gasteiger partial charge in [-0.05, 0) is 32.0 Å². The fraction of sp³-hybridized carbons (Fsp3) is 0.200. The molecule has 0 radical (unpaired) electrons. The minimum Gasteiger partial charge on any atom is -0.464 e. The average molecular weight is 351 g/mol. The molecule has 1 atom stereocenters. The highest BCUT2D eigenvalue weighted by Gasteiger charge is 2.17. The van der Waals surface area contributed by atoms with E-state index in [1.54, 1.807) is 13.8 Å². The van der Waals surface area contributed by atoms with Gasteiger partial charge in [0.1, 0.15) is 6.04 Å². The first-order valence-electron chi connectivity index (χ1n) is 8.49. The summed E-state index contributed by atoms with van der Waals surface area (Å²) in [5, 5.41) is 6.48. The summed E-state index contributed by atoms with van der Waals surface area (Å²) in [6.45, 7) is 3.58. The fourth-order valence-corrected chi connectivity index (χ4v) is 2.73. The molecule has 0 saturated carbocycles. The van der Waals surface area contributed by atoms with E-state index >= 15 is 0 Å². The second-order valence-electron chi connectivity index (χ2n) is 5.89. The van der Waals surface area contributed by atoms with Crippen LogP contribution in [0.2, 0.25) is 0 Å². The third-order valence-electron chi connectivity index (χ3n) is 3.98. The molecule has 0 aliphatic carbocycles. The molecule has 0 saturated heterocycles. The second-order valence-corrected chi connectivity index (χ2v) is 5.89. The van der Waals surface area contributed by atoms with Gasteiger partial charge in [0.05, 0.1) is 12.3 Å². The third-order valence-corrected chi connectivity index (χ3v) is 3.98. The molecule has 0 aliphatic heterocycles. The number of hydrogen-bond donors (Lipinski definition) is 3. The minimum absolute atomic E-state index is 0.274. The van der Waals surface area contributed by atoms with Gasteiger partial charge >= 0.3 is 12.0 Å². The number of aromatic amines is 1. The van der Waals surface area contributed by atoms with Gasteiger partial charge in [-0.2, -0.15) is 0 Å². The van der Waals surface area contributed by atoms with Crippen LogP contribution in [-0.2, 0) is 9.53 Å². The lowest BCUT2D eigenvalue weighted by atomic mass is 10.1. The molecule has 1 unspecified atom stereocenters. The van der Waals surface area contributed by atoms with Crippen molar-refractivity contribution in [2.75, 3.05) is 11.9 Å². The van der Waals surface area contributed by atoms with Gasteiger partial charge in [0.25, 0.3) is 0 Å². The van der Waals surface area contributed by atoms with Crippen LogP contribution in [-0.4, -0.2) is 29.6 Å². The van der Waals surface area contributed by atoms with Crippen LogP contribution in [0.25, 0.3) is 22.2 Å². The van der Waals surface area contributed by atoms with Gasteiger partial charge < -0.3 is 20.4 Å². The summed E-state index contributed by atoms with van der Waals surface area (Å²) in [6, 6.07) is 16.3. The van der Waals surface area contributed by atoms with Crippen LogP contribution in [0, 0.1) is 0 Å². The first-order chi connectivity index (χ1) is 12.6. The number of H-pyrrole nitrogens is 1. The Morgan fingerprint density at radius 1 is 1.12 bits per heavy atom. The standard InChI is InChI=1S/C20H21N3O3/c1-3-26-19(24)13(2)21-20(25)23-17-11-7-5-9-15(17)18-12-14-8-4-6-10-16(14)22-18/h4-13,22H,3H2,1-2H3,(H2,21,23,25). The van der Waals surface area contributed by atoms with E-state index in [2.05, 4.69) is 15.6 Å². The molecular formula is C20H21N3O3. The molecule has 0 aliphatic rings. The summed E-state index contributed by atoms with van der Waals surface area (Å²) < 4.78 is 4.90. The summed E-state index contributed by atoms with van der Waals surface area (Å²) in [6.07, 6.45) is 0. The molecule has 0 spiro atoms. The highest BCUT2D eigenvalue weighted by Crippen LogP contribution is 2.29. The molecule has 1 heterocycles. The first kappa shape index (κ1) is 17.5. The van der Waals surface area contributed by atoms with E-state index in [9.17, 15) is 9.59 Å². The number of ether oxygens (including phenoxy) is 1. The van der Waals surface area contributed by atoms with Crippen molar-refractivity contribution in [3.05, 3.63) is 54.6 Å². The third kappa shape index (κ3) is 3.85. The van der Waals surface area contributed by atoms with Crippen LogP contribution in [0.1, 0.15) is 13.8 Å². The lowest BCUT2D eigenvalue weighted by Gasteiger charge is -2.15. The number of esters is 1. The van der Waals surface area contributed by atoms with E-state index < -0.39 is 18.0 Å². The number of urea groups is 1. The van der Waals surface area contributed by atoms with Gasteiger partial charge in [-0.1, -0.05) is 36.4 Å². The number of nitrogens with one attached hydrogen (secondary N) is 3. The predicted molar refractivity (Wildman–Crippen MR) is 102 cm³/mol. The van der Waals surface area contributed by atoms with Crippen molar-refractivity contribution in [1.82, 2.24) is 10.3 Å². The Kier molecular flexibility index (Phi) is 5.22. The number of aromatic nitrogens is 1. The number of rotatable bonds is 5. The predicted octanol–water partition coefficient (Wildman–Crippen LogP) is 3.91. The van der Waals surface area contributed by atoms with E-state index in [-0.39, 0.29) is 6.61 Å². The van der Waals surface area contributed by atoms with Crippen LogP contribution in [0.3, 0.4) is 0 Å². The Labute approximate surface area is 151 Å². The van der Waals surface area contributed by atoms with Gasteiger partial charge in [-0.3, -0.25) is 0 Å². The van der Waals surface area contributed by atoms with Crippen molar-refractivity contribution in [1.29, 1.82) is 0 Å². The van der Waals surface area contributed by atoms with E-state index in [0.29, 0.717) is 5.69 Å². The fourth-order valence-electron chi connectivity index (χ4n) is 2.73. The molecule has 2 amide bonds. The lowest BCUT2D eigenvalue weighted by Crippen LogP contribution is -2.41. The summed E-state index contributed by atoms with van der Waals surface area (Å²) in [5.74, 6) is -0.466. The highest BCUT2D eigenvalue weighted by atomic mass is 16.5. The van der Waals surface area contributed by atoms with Crippen LogP contribution in [0.4, 0.5) is 10.5 Å². The summed E-state index contributed by atoms with van der Waals surface area (Å²) in [4.78, 5) is 27.3. The summed E-state index contributed by atoms with van der Waals surface area (Å²) >= 11 is 0. The molecule has 0 fully saturated rings. The SMILES string of the molecule is CCOC(=O)C(C)NC(=O)Nc1ccccc1-c1cc2ccccc2[nH]1. The van der Waals surface area contributed by atoms with E-state index in [0.717, 1.165) is 22.2 Å². The molecule has 3 N–H and O–H groups in total. The Hall–Kier alpha value is -3.28. The zero-order chi connectivity index (χ0) is 18.5. The molecule has 6 nitrogen and oxygen atoms in total. The van der Waals surface area contributed by atoms with Gasteiger partial charge in [0.2, 0.25) is 0 Å². The molecule has 1 aromatic heterocycles. The van der Waals surface area contributed by atoms with Crippen LogP contribution in [0.5, 0.6) is 0 Å². The quantitative estimate of drug-likeness (QED) is 0.610. The van der Waals surface area contributed by atoms with E-state index in [1.165, 1.54) is 0 Å². The normalized spacial score (nSPS) is 11.8. The maximum absolute atomic E-state index is 12.2. The molecule has 134 valence electrons. The first-order valence-corrected chi connectivity index (χ1v) is 8.49. The zero-order valence-electron chi connectivity index (χ0n) is 14.7. The lowest BCUT2D eigenvalue weighted by molar-refractivity contribution is -0.144. The summed E-state index contributed by atoms with van der Waals surface area (Å²) in [5.41, 5.74) is 3.44. The van der Waals surface area contributed by atoms with Crippen molar-refractivity contribution in [2.45, 2.75) is 19.9 Å². The van der Waals surface area contributed by atoms with Crippen molar-refractivity contribution in [3.8, 4) is 11.3 Å². The highest BCUT2D eigenvalue weighted by molar-refractivity contribution is 5.97. The van der Waals surface area contributed by atoms with E-state index in [4.69, 9.17) is 4.74 Å². The largest absolute Gasteiger partial charge is 0.464 e. The number of anilines is 1. The van der Waals surface area contributed by atoms with Gasteiger partial charge in [-0.25, -0.2) is 9.59 Å². The Morgan fingerprint density at radius 3 is 2.62 bits per heavy atom. The zero-order valence-corrected chi connectivity index (χ0v) is 14.7.